The maximum Gasteiger partial charge on any atom is 0.181 e. The third-order valence-corrected chi connectivity index (χ3v) is 4.62. The zero-order valence-corrected chi connectivity index (χ0v) is 12.8. The smallest absolute Gasteiger partial charge is 0.181 e. The van der Waals surface area contributed by atoms with Crippen LogP contribution in [0.1, 0.15) is 46.5 Å². The largest absolute Gasteiger partial charge is 0.392 e. The first-order valence-corrected chi connectivity index (χ1v) is 7.91. The summed E-state index contributed by atoms with van der Waals surface area (Å²) in [4.78, 5) is 0. The first kappa shape index (κ1) is 15.7. The van der Waals surface area contributed by atoms with E-state index in [1.54, 1.807) is 0 Å². The molecule has 0 bridgehead atoms. The van der Waals surface area contributed by atoms with Gasteiger partial charge in [0.05, 0.1) is 12.2 Å². The fourth-order valence-electron chi connectivity index (χ4n) is 3.18. The van der Waals surface area contributed by atoms with Crippen LogP contribution in [0.4, 0.5) is 0 Å². The van der Waals surface area contributed by atoms with Gasteiger partial charge in [0, 0.05) is 11.5 Å². The zero-order chi connectivity index (χ0) is 14.7. The molecule has 0 aromatic heterocycles. The van der Waals surface area contributed by atoms with Gasteiger partial charge in [0.1, 0.15) is 0 Å². The third kappa shape index (κ3) is 3.72. The van der Waals surface area contributed by atoms with Crippen LogP contribution in [0.3, 0.4) is 0 Å². The van der Waals surface area contributed by atoms with Crippen molar-refractivity contribution in [1.29, 1.82) is 0 Å². The molecule has 3 nitrogen and oxygen atoms in total. The Morgan fingerprint density at radius 2 is 2.00 bits per heavy atom. The van der Waals surface area contributed by atoms with E-state index >= 15 is 0 Å². The number of rotatable bonds is 6. The van der Waals surface area contributed by atoms with E-state index in [-0.39, 0.29) is 18.1 Å². The van der Waals surface area contributed by atoms with Crippen molar-refractivity contribution in [3.63, 3.8) is 0 Å². The molecule has 0 aromatic rings. The molecule has 20 heavy (non-hydrogen) atoms. The summed E-state index contributed by atoms with van der Waals surface area (Å²) in [5, 5.41) is 20.3. The second-order valence-electron chi connectivity index (χ2n) is 6.50. The molecule has 3 unspecified atom stereocenters. The maximum absolute atomic E-state index is 10.4. The second kappa shape index (κ2) is 6.88. The van der Waals surface area contributed by atoms with Crippen LogP contribution in [-0.4, -0.2) is 28.7 Å². The van der Waals surface area contributed by atoms with E-state index in [9.17, 15) is 10.2 Å². The van der Waals surface area contributed by atoms with E-state index in [4.69, 9.17) is 4.74 Å². The molecule has 0 heterocycles. The standard InChI is InChI=1S/C17H28O3/c1-4-12-9-15(10-12)16(18)13-5-7-14(8-6-13)17(19)20-11(2)3/h5,7-8,11-13,15-19H,4,6,9-10H2,1-3H3. The summed E-state index contributed by atoms with van der Waals surface area (Å²) in [5.41, 5.74) is 0.808. The second-order valence-corrected chi connectivity index (χ2v) is 6.50. The molecule has 0 aromatic carbocycles. The Morgan fingerprint density at radius 3 is 2.50 bits per heavy atom. The summed E-state index contributed by atoms with van der Waals surface area (Å²) in [6.45, 7) is 6.03. The highest BCUT2D eigenvalue weighted by Gasteiger charge is 2.36. The maximum atomic E-state index is 10.4. The summed E-state index contributed by atoms with van der Waals surface area (Å²) >= 11 is 0. The van der Waals surface area contributed by atoms with Crippen molar-refractivity contribution in [1.82, 2.24) is 0 Å². The van der Waals surface area contributed by atoms with Gasteiger partial charge in [-0.3, -0.25) is 0 Å². The lowest BCUT2D eigenvalue weighted by Crippen LogP contribution is -2.38. The zero-order valence-electron chi connectivity index (χ0n) is 12.8. The highest BCUT2D eigenvalue weighted by atomic mass is 16.6. The lowest BCUT2D eigenvalue weighted by molar-refractivity contribution is -0.0983. The summed E-state index contributed by atoms with van der Waals surface area (Å²) in [5.74, 6) is 1.46. The number of allylic oxidation sites excluding steroid dienone is 1. The van der Waals surface area contributed by atoms with Crippen molar-refractivity contribution in [3.05, 3.63) is 23.8 Å². The first-order valence-electron chi connectivity index (χ1n) is 7.91. The Hall–Kier alpha value is -0.640. The third-order valence-electron chi connectivity index (χ3n) is 4.62. The molecule has 0 saturated heterocycles. The van der Waals surface area contributed by atoms with Crippen molar-refractivity contribution in [2.45, 2.75) is 65.0 Å². The molecule has 2 aliphatic carbocycles. The average molecular weight is 280 g/mol. The molecule has 3 atom stereocenters. The molecule has 1 fully saturated rings. The molecular weight excluding hydrogens is 252 g/mol. The first-order chi connectivity index (χ1) is 9.51. The number of hydrogen-bond donors (Lipinski definition) is 2. The van der Waals surface area contributed by atoms with Crippen LogP contribution < -0.4 is 0 Å². The van der Waals surface area contributed by atoms with E-state index in [0.717, 1.165) is 30.8 Å². The topological polar surface area (TPSA) is 49.7 Å². The molecule has 0 aliphatic heterocycles. The molecular formula is C17H28O3. The van der Waals surface area contributed by atoms with Crippen LogP contribution in [0.15, 0.2) is 23.8 Å². The van der Waals surface area contributed by atoms with E-state index < -0.39 is 6.29 Å². The lowest BCUT2D eigenvalue weighted by atomic mass is 9.67. The van der Waals surface area contributed by atoms with Gasteiger partial charge in [-0.05, 0) is 44.9 Å². The molecule has 114 valence electrons. The van der Waals surface area contributed by atoms with Gasteiger partial charge < -0.3 is 14.9 Å². The Morgan fingerprint density at radius 1 is 1.30 bits per heavy atom. The van der Waals surface area contributed by atoms with E-state index in [2.05, 4.69) is 6.92 Å². The summed E-state index contributed by atoms with van der Waals surface area (Å²) < 4.78 is 5.37. The normalized spacial score (nSPS) is 32.7. The lowest BCUT2D eigenvalue weighted by Gasteiger charge is -2.40. The minimum atomic E-state index is -0.850. The molecule has 0 spiro atoms. The van der Waals surface area contributed by atoms with Crippen LogP contribution in [0.25, 0.3) is 0 Å². The summed E-state index contributed by atoms with van der Waals surface area (Å²) in [6, 6.07) is 0. The summed E-state index contributed by atoms with van der Waals surface area (Å²) in [7, 11) is 0. The minimum Gasteiger partial charge on any atom is -0.392 e. The van der Waals surface area contributed by atoms with Crippen molar-refractivity contribution in [2.75, 3.05) is 0 Å². The number of hydrogen-bond acceptors (Lipinski definition) is 3. The number of aliphatic hydroxyl groups is 2. The van der Waals surface area contributed by atoms with E-state index in [0.29, 0.717) is 5.92 Å². The molecule has 0 radical (unpaired) electrons. The Bertz CT molecular complexity index is 366. The van der Waals surface area contributed by atoms with Crippen LogP contribution in [0.2, 0.25) is 0 Å². The van der Waals surface area contributed by atoms with Crippen LogP contribution >= 0.6 is 0 Å². The average Bonchev–Trinajstić information content (AvgIpc) is 2.36. The van der Waals surface area contributed by atoms with Crippen molar-refractivity contribution >= 4 is 0 Å². The van der Waals surface area contributed by atoms with Gasteiger partial charge in [-0.15, -0.1) is 0 Å². The van der Waals surface area contributed by atoms with Gasteiger partial charge in [0.2, 0.25) is 0 Å². The Kier molecular flexibility index (Phi) is 5.42. The molecule has 3 heteroatoms. The van der Waals surface area contributed by atoms with Gasteiger partial charge in [0.25, 0.3) is 0 Å². The molecule has 2 N–H and O–H groups in total. The van der Waals surface area contributed by atoms with E-state index in [1.807, 2.05) is 32.1 Å². The van der Waals surface area contributed by atoms with Gasteiger partial charge in [0.15, 0.2) is 6.29 Å². The van der Waals surface area contributed by atoms with Crippen LogP contribution in [0, 0.1) is 17.8 Å². The highest BCUT2D eigenvalue weighted by molar-refractivity contribution is 5.26. The Labute approximate surface area is 122 Å². The fourth-order valence-corrected chi connectivity index (χ4v) is 3.18. The monoisotopic (exact) mass is 280 g/mol. The van der Waals surface area contributed by atoms with E-state index in [1.165, 1.54) is 6.42 Å². The number of ether oxygens (including phenoxy) is 1. The highest BCUT2D eigenvalue weighted by Crippen LogP contribution is 2.41. The van der Waals surface area contributed by atoms with Gasteiger partial charge in [-0.2, -0.15) is 0 Å². The molecule has 1 saturated carbocycles. The molecule has 2 rings (SSSR count). The fraction of sp³-hybridized carbons (Fsp3) is 0.765. The summed E-state index contributed by atoms with van der Waals surface area (Å²) in [6.07, 6.45) is 9.19. The van der Waals surface area contributed by atoms with Gasteiger partial charge in [-0.25, -0.2) is 0 Å². The van der Waals surface area contributed by atoms with Crippen LogP contribution in [0.5, 0.6) is 0 Å². The number of aliphatic hydroxyl groups excluding tert-OH is 2. The molecule has 0 amide bonds. The predicted molar refractivity (Wildman–Crippen MR) is 80.1 cm³/mol. The van der Waals surface area contributed by atoms with Crippen molar-refractivity contribution in [2.24, 2.45) is 17.8 Å². The predicted octanol–water partition coefficient (Wildman–Crippen LogP) is 3.03. The van der Waals surface area contributed by atoms with Gasteiger partial charge in [-0.1, -0.05) is 31.6 Å². The quantitative estimate of drug-likeness (QED) is 0.735. The van der Waals surface area contributed by atoms with Gasteiger partial charge >= 0.3 is 0 Å². The Balaban J connectivity index is 1.82. The SMILES string of the molecule is CCC1CC(C(O)C2C=CC(C(O)OC(C)C)=CC2)C1. The van der Waals surface area contributed by atoms with Crippen molar-refractivity contribution < 1.29 is 14.9 Å². The minimum absolute atomic E-state index is 0.00330. The molecule has 2 aliphatic rings. The van der Waals surface area contributed by atoms with Crippen molar-refractivity contribution in [3.8, 4) is 0 Å². The van der Waals surface area contributed by atoms with Crippen LogP contribution in [-0.2, 0) is 4.74 Å².